The van der Waals surface area contributed by atoms with E-state index in [1.165, 1.54) is 0 Å². The summed E-state index contributed by atoms with van der Waals surface area (Å²) in [5.74, 6) is -0.487. The number of ether oxygens (including phenoxy) is 2. The molecular formula is C22H31N5O5. The topological polar surface area (TPSA) is 128 Å². The fraction of sp³-hybridized carbons (Fsp3) is 0.591. The lowest BCUT2D eigenvalue weighted by Gasteiger charge is -2.27. The van der Waals surface area contributed by atoms with E-state index in [-0.39, 0.29) is 18.6 Å². The lowest BCUT2D eigenvalue weighted by Crippen LogP contribution is -2.29. The number of nitrogens with one attached hydrogen (secondary N) is 1. The van der Waals surface area contributed by atoms with E-state index < -0.39 is 12.1 Å². The SMILES string of the molecule is CCCCOC(=O)NCc1c(-c2ccc(O[C@H]3CCC[C@H](C(=O)O)C3)c(C)n2)nnn1C. The average molecular weight is 446 g/mol. The number of carboxylic acid groups (broad SMARTS) is 1. The van der Waals surface area contributed by atoms with Crippen molar-refractivity contribution in [3.8, 4) is 17.1 Å². The normalized spacial score (nSPS) is 18.2. The Morgan fingerprint density at radius 2 is 2.12 bits per heavy atom. The van der Waals surface area contributed by atoms with Crippen molar-refractivity contribution in [3.05, 3.63) is 23.5 Å². The molecule has 2 heterocycles. The minimum atomic E-state index is -0.762. The molecule has 3 rings (SSSR count). The zero-order valence-electron chi connectivity index (χ0n) is 18.8. The Balaban J connectivity index is 1.67. The van der Waals surface area contributed by atoms with Gasteiger partial charge in [-0.15, -0.1) is 5.10 Å². The largest absolute Gasteiger partial charge is 0.489 e. The van der Waals surface area contributed by atoms with E-state index in [1.807, 2.05) is 19.9 Å². The first-order valence-electron chi connectivity index (χ1n) is 11.1. The van der Waals surface area contributed by atoms with Crippen LogP contribution in [0.15, 0.2) is 12.1 Å². The number of rotatable bonds is 9. The molecule has 0 spiro atoms. The van der Waals surface area contributed by atoms with Crippen molar-refractivity contribution < 1.29 is 24.2 Å². The second-order valence-corrected chi connectivity index (χ2v) is 8.07. The molecule has 0 radical (unpaired) electrons. The van der Waals surface area contributed by atoms with E-state index in [4.69, 9.17) is 9.47 Å². The van der Waals surface area contributed by atoms with Gasteiger partial charge in [-0.25, -0.2) is 14.5 Å². The van der Waals surface area contributed by atoms with Gasteiger partial charge in [-0.1, -0.05) is 18.6 Å². The zero-order chi connectivity index (χ0) is 23.1. The third-order valence-electron chi connectivity index (χ3n) is 5.62. The molecule has 10 nitrogen and oxygen atoms in total. The predicted octanol–water partition coefficient (Wildman–Crippen LogP) is 3.23. The maximum absolute atomic E-state index is 11.9. The summed E-state index contributed by atoms with van der Waals surface area (Å²) in [6.45, 7) is 4.47. The summed E-state index contributed by atoms with van der Waals surface area (Å²) < 4.78 is 12.8. The van der Waals surface area contributed by atoms with Crippen LogP contribution in [0.25, 0.3) is 11.4 Å². The summed E-state index contributed by atoms with van der Waals surface area (Å²) in [4.78, 5) is 27.8. The Hall–Kier alpha value is -3.17. The van der Waals surface area contributed by atoms with Gasteiger partial charge in [0.2, 0.25) is 0 Å². The van der Waals surface area contributed by atoms with Crippen LogP contribution in [0.1, 0.15) is 56.8 Å². The monoisotopic (exact) mass is 445 g/mol. The van der Waals surface area contributed by atoms with E-state index in [0.717, 1.165) is 25.7 Å². The summed E-state index contributed by atoms with van der Waals surface area (Å²) in [7, 11) is 1.75. The number of hydrogen-bond acceptors (Lipinski definition) is 7. The molecule has 0 unspecified atom stereocenters. The predicted molar refractivity (Wildman–Crippen MR) is 116 cm³/mol. The van der Waals surface area contributed by atoms with Crippen LogP contribution in [0.2, 0.25) is 0 Å². The molecule has 1 aliphatic rings. The van der Waals surface area contributed by atoms with Crippen molar-refractivity contribution in [3.63, 3.8) is 0 Å². The summed E-state index contributed by atoms with van der Waals surface area (Å²) >= 11 is 0. The van der Waals surface area contributed by atoms with Crippen LogP contribution in [-0.2, 0) is 23.1 Å². The number of carbonyl (C=O) groups excluding carboxylic acids is 1. The van der Waals surface area contributed by atoms with Crippen molar-refractivity contribution in [2.75, 3.05) is 6.61 Å². The molecule has 0 aromatic carbocycles. The second-order valence-electron chi connectivity index (χ2n) is 8.07. The van der Waals surface area contributed by atoms with Gasteiger partial charge in [-0.05, 0) is 51.2 Å². The van der Waals surface area contributed by atoms with Crippen LogP contribution in [0, 0.1) is 12.8 Å². The van der Waals surface area contributed by atoms with Crippen LogP contribution in [0.3, 0.4) is 0 Å². The molecule has 1 saturated carbocycles. The lowest BCUT2D eigenvalue weighted by molar-refractivity contribution is -0.143. The molecule has 1 amide bonds. The smallest absolute Gasteiger partial charge is 0.407 e. The number of amides is 1. The lowest BCUT2D eigenvalue weighted by atomic mass is 9.87. The fourth-order valence-corrected chi connectivity index (χ4v) is 3.75. The van der Waals surface area contributed by atoms with Gasteiger partial charge in [0, 0.05) is 7.05 Å². The maximum atomic E-state index is 11.9. The fourth-order valence-electron chi connectivity index (χ4n) is 3.75. The van der Waals surface area contributed by atoms with Crippen LogP contribution >= 0.6 is 0 Å². The number of carboxylic acids is 1. The number of aryl methyl sites for hydroxylation is 2. The summed E-state index contributed by atoms with van der Waals surface area (Å²) in [5, 5.41) is 20.3. The molecule has 0 aliphatic heterocycles. The minimum Gasteiger partial charge on any atom is -0.489 e. The molecule has 2 atom stereocenters. The highest BCUT2D eigenvalue weighted by atomic mass is 16.5. The van der Waals surface area contributed by atoms with Crippen LogP contribution in [-0.4, -0.2) is 49.9 Å². The first-order chi connectivity index (χ1) is 15.4. The third kappa shape index (κ3) is 5.95. The molecule has 0 saturated heterocycles. The third-order valence-corrected chi connectivity index (χ3v) is 5.62. The Morgan fingerprint density at radius 1 is 1.31 bits per heavy atom. The van der Waals surface area contributed by atoms with Gasteiger partial charge >= 0.3 is 12.1 Å². The zero-order valence-corrected chi connectivity index (χ0v) is 18.8. The van der Waals surface area contributed by atoms with E-state index in [2.05, 4.69) is 20.6 Å². The van der Waals surface area contributed by atoms with Gasteiger partial charge in [0.05, 0.1) is 42.3 Å². The first kappa shape index (κ1) is 23.5. The van der Waals surface area contributed by atoms with E-state index >= 15 is 0 Å². The van der Waals surface area contributed by atoms with E-state index in [1.54, 1.807) is 17.8 Å². The van der Waals surface area contributed by atoms with Crippen molar-refractivity contribution in [2.24, 2.45) is 13.0 Å². The summed E-state index contributed by atoms with van der Waals surface area (Å²) in [5.41, 5.74) is 2.57. The minimum absolute atomic E-state index is 0.133. The Kier molecular flexibility index (Phi) is 8.02. The van der Waals surface area contributed by atoms with Crippen LogP contribution < -0.4 is 10.1 Å². The van der Waals surface area contributed by atoms with Gasteiger partial charge in [0.15, 0.2) is 0 Å². The van der Waals surface area contributed by atoms with Gasteiger partial charge in [0.25, 0.3) is 0 Å². The number of alkyl carbamates (subject to hydrolysis) is 1. The number of pyridine rings is 1. The molecule has 174 valence electrons. The molecule has 2 aromatic heterocycles. The first-order valence-corrected chi connectivity index (χ1v) is 11.1. The van der Waals surface area contributed by atoms with Gasteiger partial charge in [0.1, 0.15) is 11.4 Å². The molecule has 10 heteroatoms. The number of nitrogens with zero attached hydrogens (tertiary/aromatic N) is 4. The molecule has 1 aliphatic carbocycles. The highest BCUT2D eigenvalue weighted by molar-refractivity contribution is 5.70. The van der Waals surface area contributed by atoms with Crippen molar-refractivity contribution in [2.45, 2.75) is 65.0 Å². The highest BCUT2D eigenvalue weighted by Crippen LogP contribution is 2.30. The molecule has 2 N–H and O–H groups in total. The molecule has 2 aromatic rings. The van der Waals surface area contributed by atoms with E-state index in [9.17, 15) is 14.7 Å². The Labute approximate surface area is 187 Å². The Morgan fingerprint density at radius 3 is 2.84 bits per heavy atom. The highest BCUT2D eigenvalue weighted by Gasteiger charge is 2.28. The van der Waals surface area contributed by atoms with Crippen molar-refractivity contribution >= 4 is 12.1 Å². The molecule has 0 bridgehead atoms. The number of hydrogen-bond donors (Lipinski definition) is 2. The number of carbonyl (C=O) groups is 2. The van der Waals surface area contributed by atoms with Gasteiger partial charge in [-0.3, -0.25) is 4.79 Å². The number of unbranched alkanes of at least 4 members (excludes halogenated alkanes) is 1. The van der Waals surface area contributed by atoms with Gasteiger partial charge < -0.3 is 19.9 Å². The van der Waals surface area contributed by atoms with Crippen molar-refractivity contribution in [1.82, 2.24) is 25.3 Å². The standard InChI is InChI=1S/C22H31N5O5/c1-4-5-11-31-22(30)23-13-18-20(25-26-27(18)3)17-9-10-19(14(2)24-17)32-16-8-6-7-15(12-16)21(28)29/h9-10,15-16H,4-8,11-13H2,1-3H3,(H,23,30)(H,28,29)/t15-,16-/m0/s1. The van der Waals surface area contributed by atoms with E-state index in [0.29, 0.717) is 48.0 Å². The van der Waals surface area contributed by atoms with Crippen molar-refractivity contribution in [1.29, 1.82) is 0 Å². The molecular weight excluding hydrogens is 414 g/mol. The Bertz CT molecular complexity index is 945. The second kappa shape index (κ2) is 10.9. The number of aromatic nitrogens is 4. The average Bonchev–Trinajstić information content (AvgIpc) is 3.14. The summed E-state index contributed by atoms with van der Waals surface area (Å²) in [6.07, 6.45) is 4.03. The van der Waals surface area contributed by atoms with Crippen LogP contribution in [0.4, 0.5) is 4.79 Å². The molecule has 1 fully saturated rings. The summed E-state index contributed by atoms with van der Waals surface area (Å²) in [6, 6.07) is 3.62. The maximum Gasteiger partial charge on any atom is 0.407 e. The number of aliphatic carboxylic acids is 1. The quantitative estimate of drug-likeness (QED) is 0.563. The molecule has 32 heavy (non-hydrogen) atoms. The van der Waals surface area contributed by atoms with Crippen LogP contribution in [0.5, 0.6) is 5.75 Å². The van der Waals surface area contributed by atoms with Gasteiger partial charge in [-0.2, -0.15) is 0 Å².